The molecule has 2 aliphatic carbocycles. The fraction of sp³-hybridized carbons (Fsp3) is 0.409. The summed E-state index contributed by atoms with van der Waals surface area (Å²) in [5, 5.41) is 12.9. The Hall–Kier alpha value is -3.49. The normalized spacial score (nSPS) is 22.1. The van der Waals surface area contributed by atoms with Crippen molar-refractivity contribution in [3.63, 3.8) is 0 Å². The Labute approximate surface area is 179 Å². The maximum absolute atomic E-state index is 12.9. The lowest BCUT2D eigenvalue weighted by Gasteiger charge is -2.26. The highest BCUT2D eigenvalue weighted by Crippen LogP contribution is 2.51. The topological polar surface area (TPSA) is 113 Å². The Morgan fingerprint density at radius 3 is 2.61 bits per heavy atom. The smallest absolute Gasteiger partial charge is 0.337 e. The zero-order valence-corrected chi connectivity index (χ0v) is 17.4. The molecule has 3 atom stereocenters. The highest BCUT2D eigenvalue weighted by atomic mass is 16.4. The van der Waals surface area contributed by atoms with Gasteiger partial charge < -0.3 is 19.9 Å². The van der Waals surface area contributed by atoms with Crippen LogP contribution in [0.1, 0.15) is 52.6 Å². The van der Waals surface area contributed by atoms with E-state index in [1.807, 2.05) is 6.07 Å². The van der Waals surface area contributed by atoms with E-state index in [0.29, 0.717) is 23.4 Å². The molecule has 0 aromatic carbocycles. The second-order valence-electron chi connectivity index (χ2n) is 8.68. The second-order valence-corrected chi connectivity index (χ2v) is 8.68. The van der Waals surface area contributed by atoms with Gasteiger partial charge in [0.1, 0.15) is 17.2 Å². The summed E-state index contributed by atoms with van der Waals surface area (Å²) in [5.41, 5.74) is 1.49. The van der Waals surface area contributed by atoms with Gasteiger partial charge in [-0.25, -0.2) is 14.8 Å². The predicted molar refractivity (Wildman–Crippen MR) is 115 cm³/mol. The minimum Gasteiger partial charge on any atom is -0.478 e. The molecule has 160 valence electrons. The number of aromatic nitrogens is 4. The first-order chi connectivity index (χ1) is 14.9. The molecule has 2 N–H and O–H groups in total. The minimum atomic E-state index is -1.03. The number of fused-ring (bicyclic) bond motifs is 3. The number of pyridine rings is 1. The molecule has 0 aliphatic heterocycles. The third-order valence-electron chi connectivity index (χ3n) is 6.48. The summed E-state index contributed by atoms with van der Waals surface area (Å²) in [5.74, 6) is 1.04. The van der Waals surface area contributed by atoms with E-state index < -0.39 is 5.97 Å². The van der Waals surface area contributed by atoms with E-state index in [0.717, 1.165) is 23.4 Å². The largest absolute Gasteiger partial charge is 0.478 e. The Morgan fingerprint density at radius 2 is 2.00 bits per heavy atom. The van der Waals surface area contributed by atoms with Gasteiger partial charge in [-0.3, -0.25) is 4.79 Å². The number of nitrogens with zero attached hydrogens (tertiary/aromatic N) is 5. The monoisotopic (exact) mass is 420 g/mol. The van der Waals surface area contributed by atoms with Crippen molar-refractivity contribution in [2.45, 2.75) is 31.7 Å². The van der Waals surface area contributed by atoms with E-state index >= 15 is 0 Å². The molecule has 5 rings (SSSR count). The number of aromatic carboxylic acids is 1. The maximum Gasteiger partial charge on any atom is 0.337 e. The Morgan fingerprint density at radius 1 is 1.16 bits per heavy atom. The molecular weight excluding hydrogens is 396 g/mol. The molecule has 2 saturated carbocycles. The van der Waals surface area contributed by atoms with Gasteiger partial charge in [0.15, 0.2) is 0 Å². The lowest BCUT2D eigenvalue weighted by atomic mass is 9.95. The average molecular weight is 420 g/mol. The number of carbonyl (C=O) groups excluding carboxylic acids is 1. The summed E-state index contributed by atoms with van der Waals surface area (Å²) in [7, 11) is 3.52. The third-order valence-corrected chi connectivity index (χ3v) is 6.48. The van der Waals surface area contributed by atoms with Crippen LogP contribution in [-0.2, 0) is 0 Å². The Kier molecular flexibility index (Phi) is 4.60. The zero-order valence-electron chi connectivity index (χ0n) is 17.4. The summed E-state index contributed by atoms with van der Waals surface area (Å²) in [6.07, 6.45) is 7.77. The van der Waals surface area contributed by atoms with Gasteiger partial charge in [-0.15, -0.1) is 0 Å². The number of hydrogen-bond donors (Lipinski definition) is 2. The molecular formula is C22H24N6O3. The van der Waals surface area contributed by atoms with Crippen molar-refractivity contribution in [2.75, 3.05) is 19.4 Å². The van der Waals surface area contributed by atoms with Crippen molar-refractivity contribution in [1.29, 1.82) is 0 Å². The van der Waals surface area contributed by atoms with Crippen LogP contribution in [0.4, 0.5) is 11.8 Å². The molecule has 3 heterocycles. The van der Waals surface area contributed by atoms with Crippen LogP contribution in [0, 0.1) is 11.8 Å². The van der Waals surface area contributed by atoms with Crippen LogP contribution in [0.25, 0.3) is 11.0 Å². The molecule has 0 radical (unpaired) electrons. The van der Waals surface area contributed by atoms with E-state index in [-0.39, 0.29) is 17.5 Å². The van der Waals surface area contributed by atoms with Crippen LogP contribution in [0.15, 0.2) is 30.6 Å². The quantitative estimate of drug-likeness (QED) is 0.651. The predicted octanol–water partition coefficient (Wildman–Crippen LogP) is 3.33. The molecule has 2 aliphatic rings. The van der Waals surface area contributed by atoms with Gasteiger partial charge in [0.05, 0.1) is 5.56 Å². The van der Waals surface area contributed by atoms with Gasteiger partial charge in [0.2, 0.25) is 5.95 Å². The van der Waals surface area contributed by atoms with Crippen molar-refractivity contribution in [3.8, 4) is 0 Å². The number of rotatable bonds is 5. The Balaban J connectivity index is 1.54. The lowest BCUT2D eigenvalue weighted by molar-refractivity contribution is 0.0696. The number of carboxylic acid groups (broad SMARTS) is 1. The molecule has 3 aromatic rings. The van der Waals surface area contributed by atoms with Crippen LogP contribution in [-0.4, -0.2) is 55.5 Å². The highest BCUT2D eigenvalue weighted by Gasteiger charge is 2.42. The molecule has 2 bridgehead atoms. The van der Waals surface area contributed by atoms with E-state index in [4.69, 9.17) is 10.1 Å². The van der Waals surface area contributed by atoms with E-state index in [9.17, 15) is 9.59 Å². The SMILES string of the molecule is CN(C)C(=O)c1cc2cnc(Nc3ccc(C(=O)O)cn3)nc2n1C1C[C@H]2CC[C@@H]1C2. The van der Waals surface area contributed by atoms with Crippen LogP contribution >= 0.6 is 0 Å². The van der Waals surface area contributed by atoms with Crippen molar-refractivity contribution in [2.24, 2.45) is 11.8 Å². The standard InChI is InChI=1S/C22H24N6O3/c1-27(2)20(29)17-9-15-11-24-22(25-18-6-5-14(10-23-18)21(30)31)26-19(15)28(17)16-8-12-3-4-13(16)7-12/h5-6,9-13,16H,3-4,7-8H2,1-2H3,(H,30,31)(H,23,24,25,26)/t12-,13+,16?/m0/s1. The second kappa shape index (κ2) is 7.33. The average Bonchev–Trinajstić information content (AvgIpc) is 3.47. The molecule has 0 saturated heterocycles. The summed E-state index contributed by atoms with van der Waals surface area (Å²) in [4.78, 5) is 38.8. The van der Waals surface area contributed by atoms with Crippen molar-refractivity contribution < 1.29 is 14.7 Å². The molecule has 3 aromatic heterocycles. The number of nitrogens with one attached hydrogen (secondary N) is 1. The van der Waals surface area contributed by atoms with Gasteiger partial charge in [0, 0.05) is 37.9 Å². The van der Waals surface area contributed by atoms with Gasteiger partial charge in [-0.05, 0) is 49.3 Å². The van der Waals surface area contributed by atoms with Gasteiger partial charge in [-0.1, -0.05) is 6.42 Å². The number of amides is 1. The van der Waals surface area contributed by atoms with E-state index in [1.54, 1.807) is 31.3 Å². The molecule has 1 amide bonds. The van der Waals surface area contributed by atoms with E-state index in [2.05, 4.69) is 19.9 Å². The van der Waals surface area contributed by atoms with Gasteiger partial charge in [0.25, 0.3) is 5.91 Å². The summed E-state index contributed by atoms with van der Waals surface area (Å²) in [6.45, 7) is 0. The molecule has 1 unspecified atom stereocenters. The van der Waals surface area contributed by atoms with Crippen LogP contribution < -0.4 is 5.32 Å². The first kappa shape index (κ1) is 19.5. The van der Waals surface area contributed by atoms with Gasteiger partial charge in [-0.2, -0.15) is 4.98 Å². The first-order valence-electron chi connectivity index (χ1n) is 10.5. The van der Waals surface area contributed by atoms with Crippen molar-refractivity contribution >= 4 is 34.7 Å². The fourth-order valence-corrected chi connectivity index (χ4v) is 5.03. The molecule has 2 fully saturated rings. The number of hydrogen-bond acceptors (Lipinski definition) is 6. The van der Waals surface area contributed by atoms with E-state index in [1.165, 1.54) is 31.5 Å². The zero-order chi connectivity index (χ0) is 21.7. The Bertz CT molecular complexity index is 1170. The summed E-state index contributed by atoms with van der Waals surface area (Å²) < 4.78 is 2.12. The molecule has 31 heavy (non-hydrogen) atoms. The molecule has 9 nitrogen and oxygen atoms in total. The van der Waals surface area contributed by atoms with Crippen LogP contribution in [0.3, 0.4) is 0 Å². The van der Waals surface area contributed by atoms with Crippen molar-refractivity contribution in [1.82, 2.24) is 24.4 Å². The van der Waals surface area contributed by atoms with Crippen LogP contribution in [0.5, 0.6) is 0 Å². The van der Waals surface area contributed by atoms with Gasteiger partial charge >= 0.3 is 5.97 Å². The third kappa shape index (κ3) is 3.39. The summed E-state index contributed by atoms with van der Waals surface area (Å²) in [6, 6.07) is 5.20. The first-order valence-corrected chi connectivity index (χ1v) is 10.5. The number of anilines is 2. The molecule has 0 spiro atoms. The minimum absolute atomic E-state index is 0.0405. The number of carboxylic acids is 1. The molecule has 9 heteroatoms. The summed E-state index contributed by atoms with van der Waals surface area (Å²) >= 11 is 0. The maximum atomic E-state index is 12.9. The fourth-order valence-electron chi connectivity index (χ4n) is 5.03. The van der Waals surface area contributed by atoms with Crippen molar-refractivity contribution in [3.05, 3.63) is 41.9 Å². The highest BCUT2D eigenvalue weighted by molar-refractivity contribution is 5.98. The number of carbonyl (C=O) groups is 2. The lowest BCUT2D eigenvalue weighted by Crippen LogP contribution is -2.27. The van der Waals surface area contributed by atoms with Crippen LogP contribution in [0.2, 0.25) is 0 Å².